The summed E-state index contributed by atoms with van der Waals surface area (Å²) in [5.41, 5.74) is 1.76. The lowest BCUT2D eigenvalue weighted by Crippen LogP contribution is -2.25. The van der Waals surface area contributed by atoms with E-state index in [-0.39, 0.29) is 17.5 Å². The Morgan fingerprint density at radius 3 is 2.50 bits per heavy atom. The molecule has 0 saturated carbocycles. The molecule has 0 aliphatic carbocycles. The molecule has 0 N–H and O–H groups in total. The van der Waals surface area contributed by atoms with Crippen LogP contribution < -0.4 is 0 Å². The van der Waals surface area contributed by atoms with E-state index in [0.29, 0.717) is 5.56 Å². The molecule has 2 aromatic heterocycles. The normalized spacial score (nSPS) is 13.2. The fourth-order valence-electron chi connectivity index (χ4n) is 2.40. The minimum absolute atomic E-state index is 0.0732. The topological polar surface area (TPSA) is 56.7 Å². The molecule has 0 bridgehead atoms. The average molecular weight is 336 g/mol. The van der Waals surface area contributed by atoms with Gasteiger partial charge in [-0.05, 0) is 6.92 Å². The molecular weight excluding hydrogens is 321 g/mol. The van der Waals surface area contributed by atoms with Gasteiger partial charge in [-0.3, -0.25) is 0 Å². The standard InChI is InChI=1S/C16H15F3N4O/c1-10-3-5-11(6-4-10)14-21-13(24-22-14)9-12(16(17,18)19)15-20-7-8-23(15)2/h3-8,12H,9H2,1-2H3. The first kappa shape index (κ1) is 16.2. The Hall–Kier alpha value is -2.64. The maximum absolute atomic E-state index is 13.4. The van der Waals surface area contributed by atoms with E-state index in [4.69, 9.17) is 4.52 Å². The zero-order valence-corrected chi connectivity index (χ0v) is 13.1. The van der Waals surface area contributed by atoms with Gasteiger partial charge < -0.3 is 9.09 Å². The number of aryl methyl sites for hydroxylation is 2. The van der Waals surface area contributed by atoms with Crippen molar-refractivity contribution in [2.75, 3.05) is 0 Å². The highest BCUT2D eigenvalue weighted by Crippen LogP contribution is 2.36. The van der Waals surface area contributed by atoms with Crippen molar-refractivity contribution in [1.82, 2.24) is 19.7 Å². The SMILES string of the molecule is Cc1ccc(-c2noc(CC(c3nccn3C)C(F)(F)F)n2)cc1. The molecule has 0 aliphatic heterocycles. The molecule has 0 spiro atoms. The van der Waals surface area contributed by atoms with E-state index in [1.165, 1.54) is 24.0 Å². The number of halogens is 3. The van der Waals surface area contributed by atoms with Gasteiger partial charge >= 0.3 is 6.18 Å². The van der Waals surface area contributed by atoms with Crippen molar-refractivity contribution in [1.29, 1.82) is 0 Å². The first-order chi connectivity index (χ1) is 11.3. The summed E-state index contributed by atoms with van der Waals surface area (Å²) in [6, 6.07) is 7.34. The van der Waals surface area contributed by atoms with Crippen LogP contribution in [-0.4, -0.2) is 25.9 Å². The van der Waals surface area contributed by atoms with Crippen LogP contribution in [0.2, 0.25) is 0 Å². The van der Waals surface area contributed by atoms with Crippen molar-refractivity contribution >= 4 is 0 Å². The summed E-state index contributed by atoms with van der Waals surface area (Å²) in [6.07, 6.45) is -2.11. The quantitative estimate of drug-likeness (QED) is 0.729. The summed E-state index contributed by atoms with van der Waals surface area (Å²) < 4.78 is 46.5. The number of rotatable bonds is 4. The minimum Gasteiger partial charge on any atom is -0.339 e. The Morgan fingerprint density at radius 2 is 1.92 bits per heavy atom. The van der Waals surface area contributed by atoms with Crippen molar-refractivity contribution in [3.8, 4) is 11.4 Å². The molecule has 1 atom stereocenters. The lowest BCUT2D eigenvalue weighted by molar-refractivity contribution is -0.153. The van der Waals surface area contributed by atoms with Gasteiger partial charge in [0.1, 0.15) is 11.7 Å². The Kier molecular flexibility index (Phi) is 4.13. The fraction of sp³-hybridized carbons (Fsp3) is 0.312. The second-order valence-electron chi connectivity index (χ2n) is 5.57. The number of alkyl halides is 3. The molecule has 1 aromatic carbocycles. The largest absolute Gasteiger partial charge is 0.399 e. The van der Waals surface area contributed by atoms with Crippen LogP contribution in [0.3, 0.4) is 0 Å². The predicted octanol–water partition coefficient (Wildman–Crippen LogP) is 3.67. The van der Waals surface area contributed by atoms with Crippen molar-refractivity contribution in [3.63, 3.8) is 0 Å². The molecule has 0 saturated heterocycles. The summed E-state index contributed by atoms with van der Waals surface area (Å²) in [4.78, 5) is 7.89. The number of imidazole rings is 1. The number of hydrogen-bond acceptors (Lipinski definition) is 4. The molecule has 1 unspecified atom stereocenters. The summed E-state index contributed by atoms with van der Waals surface area (Å²) >= 11 is 0. The van der Waals surface area contributed by atoms with Crippen LogP contribution in [0.25, 0.3) is 11.4 Å². The monoisotopic (exact) mass is 336 g/mol. The van der Waals surface area contributed by atoms with E-state index in [1.807, 2.05) is 19.1 Å². The molecule has 0 radical (unpaired) electrons. The van der Waals surface area contributed by atoms with Crippen LogP contribution in [0, 0.1) is 6.92 Å². The minimum atomic E-state index is -4.46. The highest BCUT2D eigenvalue weighted by Gasteiger charge is 2.44. The number of benzene rings is 1. The van der Waals surface area contributed by atoms with Gasteiger partial charge in [0.15, 0.2) is 0 Å². The van der Waals surface area contributed by atoms with Crippen LogP contribution in [0.1, 0.15) is 23.2 Å². The van der Waals surface area contributed by atoms with E-state index in [9.17, 15) is 13.2 Å². The lowest BCUT2D eigenvalue weighted by Gasteiger charge is -2.18. The highest BCUT2D eigenvalue weighted by atomic mass is 19.4. The van der Waals surface area contributed by atoms with Gasteiger partial charge in [0, 0.05) is 31.4 Å². The third kappa shape index (κ3) is 3.32. The molecule has 3 rings (SSSR count). The van der Waals surface area contributed by atoms with Crippen LogP contribution in [0.5, 0.6) is 0 Å². The van der Waals surface area contributed by atoms with Crippen molar-refractivity contribution in [2.24, 2.45) is 7.05 Å². The lowest BCUT2D eigenvalue weighted by atomic mass is 10.0. The van der Waals surface area contributed by atoms with E-state index in [0.717, 1.165) is 5.56 Å². The van der Waals surface area contributed by atoms with Crippen LogP contribution in [0.15, 0.2) is 41.2 Å². The molecule has 8 heteroatoms. The van der Waals surface area contributed by atoms with E-state index < -0.39 is 18.5 Å². The zero-order chi connectivity index (χ0) is 17.3. The third-order valence-corrected chi connectivity index (χ3v) is 3.72. The van der Waals surface area contributed by atoms with E-state index in [2.05, 4.69) is 15.1 Å². The van der Waals surface area contributed by atoms with Crippen molar-refractivity contribution in [2.45, 2.75) is 25.4 Å². The summed E-state index contributed by atoms with van der Waals surface area (Å²) in [5.74, 6) is -1.69. The van der Waals surface area contributed by atoms with E-state index in [1.54, 1.807) is 12.1 Å². The predicted molar refractivity (Wildman–Crippen MR) is 80.2 cm³/mol. The number of aromatic nitrogens is 4. The maximum atomic E-state index is 13.4. The van der Waals surface area contributed by atoms with Gasteiger partial charge in [0.2, 0.25) is 11.7 Å². The number of nitrogens with zero attached hydrogens (tertiary/aromatic N) is 4. The van der Waals surface area contributed by atoms with E-state index >= 15 is 0 Å². The van der Waals surface area contributed by atoms with Crippen LogP contribution >= 0.6 is 0 Å². The van der Waals surface area contributed by atoms with Crippen LogP contribution in [-0.2, 0) is 13.5 Å². The van der Waals surface area contributed by atoms with Crippen molar-refractivity contribution < 1.29 is 17.7 Å². The maximum Gasteiger partial charge on any atom is 0.399 e. The Labute approximate surface area is 136 Å². The van der Waals surface area contributed by atoms with Crippen molar-refractivity contribution in [3.05, 3.63) is 53.9 Å². The van der Waals surface area contributed by atoms with Gasteiger partial charge in [0.05, 0.1) is 0 Å². The third-order valence-electron chi connectivity index (χ3n) is 3.72. The molecule has 2 heterocycles. The summed E-state index contributed by atoms with van der Waals surface area (Å²) in [7, 11) is 1.52. The van der Waals surface area contributed by atoms with Gasteiger partial charge in [-0.15, -0.1) is 0 Å². The second kappa shape index (κ2) is 6.10. The Morgan fingerprint density at radius 1 is 1.21 bits per heavy atom. The molecular formula is C16H15F3N4O. The van der Waals surface area contributed by atoms with Gasteiger partial charge in [-0.1, -0.05) is 35.0 Å². The van der Waals surface area contributed by atoms with Gasteiger partial charge in [-0.25, -0.2) is 4.98 Å². The average Bonchev–Trinajstić information content (AvgIpc) is 3.13. The molecule has 24 heavy (non-hydrogen) atoms. The highest BCUT2D eigenvalue weighted by molar-refractivity contribution is 5.54. The molecule has 3 aromatic rings. The number of hydrogen-bond donors (Lipinski definition) is 0. The molecule has 0 amide bonds. The Bertz CT molecular complexity index is 820. The Balaban J connectivity index is 1.86. The second-order valence-corrected chi connectivity index (χ2v) is 5.57. The van der Waals surface area contributed by atoms with Crippen LogP contribution in [0.4, 0.5) is 13.2 Å². The van der Waals surface area contributed by atoms with Gasteiger partial charge in [0.25, 0.3) is 0 Å². The summed E-state index contributed by atoms with van der Waals surface area (Å²) in [6.45, 7) is 1.94. The molecule has 126 valence electrons. The summed E-state index contributed by atoms with van der Waals surface area (Å²) in [5, 5.41) is 3.77. The molecule has 5 nitrogen and oxygen atoms in total. The first-order valence-electron chi connectivity index (χ1n) is 7.28. The molecule has 0 fully saturated rings. The fourth-order valence-corrected chi connectivity index (χ4v) is 2.40. The van der Waals surface area contributed by atoms with Gasteiger partial charge in [-0.2, -0.15) is 18.2 Å². The zero-order valence-electron chi connectivity index (χ0n) is 13.1. The molecule has 0 aliphatic rings. The smallest absolute Gasteiger partial charge is 0.339 e. The first-order valence-corrected chi connectivity index (χ1v) is 7.28.